The van der Waals surface area contributed by atoms with Gasteiger partial charge in [-0.2, -0.15) is 0 Å². The van der Waals surface area contributed by atoms with Gasteiger partial charge in [0.05, 0.1) is 6.61 Å². The van der Waals surface area contributed by atoms with Crippen LogP contribution in [0.3, 0.4) is 0 Å². The Kier molecular flexibility index (Phi) is 5.53. The van der Waals surface area contributed by atoms with E-state index in [0.29, 0.717) is 0 Å². The van der Waals surface area contributed by atoms with Crippen molar-refractivity contribution in [3.8, 4) is 0 Å². The largest absolute Gasteiger partial charge is 0.455 e. The highest BCUT2D eigenvalue weighted by atomic mass is 16.7. The fourth-order valence-electron chi connectivity index (χ4n) is 1.30. The van der Waals surface area contributed by atoms with Crippen molar-refractivity contribution in [3.63, 3.8) is 0 Å². The second kappa shape index (κ2) is 6.98. The molecular formula is C12H16O4. The van der Waals surface area contributed by atoms with E-state index in [2.05, 4.69) is 0 Å². The molecule has 1 unspecified atom stereocenters. The molecule has 0 bridgehead atoms. The summed E-state index contributed by atoms with van der Waals surface area (Å²) in [7, 11) is 1.54. The van der Waals surface area contributed by atoms with E-state index in [4.69, 9.17) is 14.2 Å². The Morgan fingerprint density at radius 1 is 1.31 bits per heavy atom. The van der Waals surface area contributed by atoms with E-state index in [-0.39, 0.29) is 25.5 Å². The third-order valence-electron chi connectivity index (χ3n) is 1.95. The number of methoxy groups -OCH3 is 1. The maximum absolute atomic E-state index is 11.0. The summed E-state index contributed by atoms with van der Waals surface area (Å²) in [6.45, 7) is 1.86. The molecule has 0 saturated carbocycles. The van der Waals surface area contributed by atoms with E-state index in [9.17, 15) is 4.79 Å². The molecule has 0 radical (unpaired) electrons. The molecule has 0 aliphatic heterocycles. The van der Waals surface area contributed by atoms with Gasteiger partial charge in [0, 0.05) is 14.0 Å². The average molecular weight is 224 g/mol. The molecule has 0 aliphatic carbocycles. The van der Waals surface area contributed by atoms with Crippen molar-refractivity contribution >= 4 is 5.97 Å². The molecule has 0 heterocycles. The van der Waals surface area contributed by atoms with Crippen LogP contribution in [-0.4, -0.2) is 26.5 Å². The molecule has 1 rings (SSSR count). The van der Waals surface area contributed by atoms with Gasteiger partial charge >= 0.3 is 5.97 Å². The molecular weight excluding hydrogens is 208 g/mol. The highest BCUT2D eigenvalue weighted by Crippen LogP contribution is 2.17. The van der Waals surface area contributed by atoms with E-state index in [1.165, 1.54) is 6.92 Å². The maximum atomic E-state index is 11.0. The molecule has 1 atom stereocenters. The van der Waals surface area contributed by atoms with E-state index in [1.54, 1.807) is 7.11 Å². The van der Waals surface area contributed by atoms with Gasteiger partial charge in [0.15, 0.2) is 6.10 Å². The standard InChI is InChI=1S/C12H16O4/c1-10(13)16-12(8-15-9-14-2)11-6-4-3-5-7-11/h3-7,12H,8-9H2,1-2H3. The first-order valence-corrected chi connectivity index (χ1v) is 5.03. The summed E-state index contributed by atoms with van der Waals surface area (Å²) >= 11 is 0. The summed E-state index contributed by atoms with van der Waals surface area (Å²) in [6.07, 6.45) is -0.381. The first kappa shape index (κ1) is 12.7. The third kappa shape index (κ3) is 4.42. The van der Waals surface area contributed by atoms with Crippen molar-refractivity contribution in [2.24, 2.45) is 0 Å². The summed E-state index contributed by atoms with van der Waals surface area (Å²) in [5, 5.41) is 0. The number of hydrogen-bond donors (Lipinski definition) is 0. The van der Waals surface area contributed by atoms with E-state index in [1.807, 2.05) is 30.3 Å². The van der Waals surface area contributed by atoms with Crippen LogP contribution < -0.4 is 0 Å². The average Bonchev–Trinajstić information content (AvgIpc) is 2.29. The number of benzene rings is 1. The molecule has 1 aromatic rings. The zero-order chi connectivity index (χ0) is 11.8. The van der Waals surface area contributed by atoms with Gasteiger partial charge in [-0.3, -0.25) is 4.79 Å². The molecule has 0 fully saturated rings. The monoisotopic (exact) mass is 224 g/mol. The second-order valence-electron chi connectivity index (χ2n) is 3.29. The quantitative estimate of drug-likeness (QED) is 0.420. The van der Waals surface area contributed by atoms with Crippen molar-refractivity contribution in [2.45, 2.75) is 13.0 Å². The SMILES string of the molecule is COCOCC(OC(C)=O)c1ccccc1. The van der Waals surface area contributed by atoms with Crippen molar-refractivity contribution in [2.75, 3.05) is 20.5 Å². The van der Waals surface area contributed by atoms with Crippen LogP contribution in [0.15, 0.2) is 30.3 Å². The van der Waals surface area contributed by atoms with Crippen LogP contribution in [0.2, 0.25) is 0 Å². The summed E-state index contributed by atoms with van der Waals surface area (Å²) in [6, 6.07) is 9.47. The molecule has 0 amide bonds. The van der Waals surface area contributed by atoms with Gasteiger partial charge in [-0.05, 0) is 5.56 Å². The molecule has 1 aromatic carbocycles. The lowest BCUT2D eigenvalue weighted by Crippen LogP contribution is -2.15. The van der Waals surface area contributed by atoms with Crippen LogP contribution in [0.4, 0.5) is 0 Å². The second-order valence-corrected chi connectivity index (χ2v) is 3.29. The van der Waals surface area contributed by atoms with Crippen LogP contribution in [0, 0.1) is 0 Å². The Bertz CT molecular complexity index is 310. The van der Waals surface area contributed by atoms with Crippen molar-refractivity contribution in [1.82, 2.24) is 0 Å². The highest BCUT2D eigenvalue weighted by Gasteiger charge is 2.14. The molecule has 0 spiro atoms. The smallest absolute Gasteiger partial charge is 0.303 e. The van der Waals surface area contributed by atoms with Gasteiger partial charge in [0.1, 0.15) is 6.79 Å². The lowest BCUT2D eigenvalue weighted by molar-refractivity contribution is -0.152. The maximum Gasteiger partial charge on any atom is 0.303 e. The van der Waals surface area contributed by atoms with Gasteiger partial charge in [-0.15, -0.1) is 0 Å². The van der Waals surface area contributed by atoms with Gasteiger partial charge < -0.3 is 14.2 Å². The first-order valence-electron chi connectivity index (χ1n) is 5.03. The molecule has 88 valence electrons. The Morgan fingerprint density at radius 2 is 2.00 bits per heavy atom. The van der Waals surface area contributed by atoms with E-state index in [0.717, 1.165) is 5.56 Å². The Hall–Kier alpha value is -1.39. The molecule has 16 heavy (non-hydrogen) atoms. The number of rotatable bonds is 6. The fraction of sp³-hybridized carbons (Fsp3) is 0.417. The zero-order valence-electron chi connectivity index (χ0n) is 9.51. The van der Waals surface area contributed by atoms with Gasteiger partial charge in [0.2, 0.25) is 0 Å². The lowest BCUT2D eigenvalue weighted by atomic mass is 10.1. The van der Waals surface area contributed by atoms with E-state index < -0.39 is 0 Å². The van der Waals surface area contributed by atoms with Gasteiger partial charge in [-0.1, -0.05) is 30.3 Å². The Balaban J connectivity index is 2.60. The van der Waals surface area contributed by atoms with Crippen LogP contribution in [0.1, 0.15) is 18.6 Å². The Labute approximate surface area is 95.1 Å². The molecule has 0 saturated heterocycles. The van der Waals surface area contributed by atoms with Crippen LogP contribution in [-0.2, 0) is 19.0 Å². The highest BCUT2D eigenvalue weighted by molar-refractivity contribution is 5.66. The van der Waals surface area contributed by atoms with Gasteiger partial charge in [0.25, 0.3) is 0 Å². The third-order valence-corrected chi connectivity index (χ3v) is 1.95. The van der Waals surface area contributed by atoms with Crippen LogP contribution in [0.5, 0.6) is 0 Å². The summed E-state index contributed by atoms with van der Waals surface area (Å²) in [5.74, 6) is -0.324. The van der Waals surface area contributed by atoms with Crippen molar-refractivity contribution < 1.29 is 19.0 Å². The Morgan fingerprint density at radius 3 is 2.56 bits per heavy atom. The predicted molar refractivity (Wildman–Crippen MR) is 58.8 cm³/mol. The topological polar surface area (TPSA) is 44.8 Å². The van der Waals surface area contributed by atoms with E-state index >= 15 is 0 Å². The summed E-state index contributed by atoms with van der Waals surface area (Å²) in [4.78, 5) is 11.0. The minimum atomic E-state index is -0.381. The van der Waals surface area contributed by atoms with Crippen LogP contribution in [0.25, 0.3) is 0 Å². The number of carbonyl (C=O) groups is 1. The molecule has 4 heteroatoms. The fourth-order valence-corrected chi connectivity index (χ4v) is 1.30. The molecule has 0 N–H and O–H groups in total. The van der Waals surface area contributed by atoms with Crippen molar-refractivity contribution in [1.29, 1.82) is 0 Å². The van der Waals surface area contributed by atoms with Gasteiger partial charge in [-0.25, -0.2) is 0 Å². The molecule has 0 aromatic heterocycles. The number of ether oxygens (including phenoxy) is 3. The normalized spacial score (nSPS) is 12.1. The van der Waals surface area contributed by atoms with Crippen LogP contribution >= 0.6 is 0 Å². The summed E-state index contributed by atoms with van der Waals surface area (Å²) < 4.78 is 15.1. The summed E-state index contributed by atoms with van der Waals surface area (Å²) in [5.41, 5.74) is 0.911. The minimum Gasteiger partial charge on any atom is -0.455 e. The molecule has 0 aliphatic rings. The number of esters is 1. The van der Waals surface area contributed by atoms with Crippen molar-refractivity contribution in [3.05, 3.63) is 35.9 Å². The predicted octanol–water partition coefficient (Wildman–Crippen LogP) is 1.91. The number of hydrogen-bond acceptors (Lipinski definition) is 4. The minimum absolute atomic E-state index is 0.185. The molecule has 4 nitrogen and oxygen atoms in total. The zero-order valence-corrected chi connectivity index (χ0v) is 9.51. The number of carbonyl (C=O) groups excluding carboxylic acids is 1. The lowest BCUT2D eigenvalue weighted by Gasteiger charge is -2.17. The first-order chi connectivity index (χ1) is 7.74.